The number of sulfone groups is 1. The van der Waals surface area contributed by atoms with E-state index in [9.17, 15) is 18.0 Å². The number of carbonyl (C=O) groups is 2. The molecule has 1 unspecified atom stereocenters. The zero-order valence-corrected chi connectivity index (χ0v) is 12.1. The number of carboxylic acids is 1. The number of aliphatic carboxylic acids is 1. The third-order valence-corrected chi connectivity index (χ3v) is 5.18. The van der Waals surface area contributed by atoms with Crippen molar-refractivity contribution in [2.75, 3.05) is 0 Å². The Morgan fingerprint density at radius 1 is 1.35 bits per heavy atom. The number of nitrogens with two attached hydrogens (primary N) is 1. The van der Waals surface area contributed by atoms with Crippen molar-refractivity contribution in [3.8, 4) is 0 Å². The van der Waals surface area contributed by atoms with Gasteiger partial charge in [-0.05, 0) is 36.6 Å². The summed E-state index contributed by atoms with van der Waals surface area (Å²) in [6, 6.07) is 4.42. The van der Waals surface area contributed by atoms with Gasteiger partial charge in [0.2, 0.25) is 5.91 Å². The second kappa shape index (κ2) is 6.04. The summed E-state index contributed by atoms with van der Waals surface area (Å²) in [6.45, 7) is 3.17. The standard InChI is InChI=1S/C13H17NO5S/c1-3-11(13(16)17)20(18,19)7-10-5-4-9(12(14)15)6-8(10)2/h4-6,11H,3,7H2,1-2H3,(H2,14,15)(H,16,17). The molecule has 1 rings (SSSR count). The molecule has 0 saturated heterocycles. The van der Waals surface area contributed by atoms with Crippen molar-refractivity contribution in [3.05, 3.63) is 34.9 Å². The number of hydrogen-bond donors (Lipinski definition) is 2. The molecule has 1 aromatic rings. The summed E-state index contributed by atoms with van der Waals surface area (Å²) in [5.74, 6) is -2.32. The molecule has 0 aromatic heterocycles. The highest BCUT2D eigenvalue weighted by Crippen LogP contribution is 2.18. The lowest BCUT2D eigenvalue weighted by molar-refractivity contribution is -0.136. The number of amides is 1. The van der Waals surface area contributed by atoms with Gasteiger partial charge >= 0.3 is 5.97 Å². The van der Waals surface area contributed by atoms with Crippen LogP contribution in [-0.4, -0.2) is 30.7 Å². The third kappa shape index (κ3) is 3.57. The lowest BCUT2D eigenvalue weighted by Crippen LogP contribution is -2.30. The van der Waals surface area contributed by atoms with E-state index in [0.29, 0.717) is 11.1 Å². The Hall–Kier alpha value is -1.89. The predicted octanol–water partition coefficient (Wildman–Crippen LogP) is 0.872. The summed E-state index contributed by atoms with van der Waals surface area (Å²) in [4.78, 5) is 22.0. The number of carbonyl (C=O) groups excluding carboxylic acids is 1. The Morgan fingerprint density at radius 3 is 2.35 bits per heavy atom. The van der Waals surface area contributed by atoms with Crippen LogP contribution >= 0.6 is 0 Å². The molecule has 110 valence electrons. The lowest BCUT2D eigenvalue weighted by atomic mass is 10.1. The Bertz CT molecular complexity index is 636. The van der Waals surface area contributed by atoms with Crippen LogP contribution in [0.4, 0.5) is 0 Å². The SMILES string of the molecule is CCC(C(=O)O)S(=O)(=O)Cc1ccc(C(N)=O)cc1C. The Labute approximate surface area is 117 Å². The van der Waals surface area contributed by atoms with Gasteiger partial charge in [-0.15, -0.1) is 0 Å². The van der Waals surface area contributed by atoms with Gasteiger partial charge in [0.1, 0.15) is 0 Å². The van der Waals surface area contributed by atoms with Crippen LogP contribution in [0.5, 0.6) is 0 Å². The molecule has 0 aliphatic heterocycles. The van der Waals surface area contributed by atoms with Gasteiger partial charge in [0.15, 0.2) is 15.1 Å². The zero-order chi connectivity index (χ0) is 15.5. The molecule has 6 nitrogen and oxygen atoms in total. The van der Waals surface area contributed by atoms with E-state index in [1.165, 1.54) is 25.1 Å². The highest BCUT2D eigenvalue weighted by Gasteiger charge is 2.31. The van der Waals surface area contributed by atoms with Gasteiger partial charge in [0.05, 0.1) is 5.75 Å². The van der Waals surface area contributed by atoms with Gasteiger partial charge in [-0.2, -0.15) is 0 Å². The van der Waals surface area contributed by atoms with Gasteiger partial charge < -0.3 is 10.8 Å². The molecule has 0 spiro atoms. The van der Waals surface area contributed by atoms with E-state index in [2.05, 4.69) is 0 Å². The van der Waals surface area contributed by atoms with Crippen LogP contribution < -0.4 is 5.73 Å². The molecule has 0 saturated carbocycles. The highest BCUT2D eigenvalue weighted by atomic mass is 32.2. The molecular weight excluding hydrogens is 282 g/mol. The average molecular weight is 299 g/mol. The number of hydrogen-bond acceptors (Lipinski definition) is 4. The maximum atomic E-state index is 12.1. The molecule has 0 bridgehead atoms. The average Bonchev–Trinajstić information content (AvgIpc) is 2.31. The molecule has 0 radical (unpaired) electrons. The quantitative estimate of drug-likeness (QED) is 0.809. The fraction of sp³-hybridized carbons (Fsp3) is 0.385. The first kappa shape index (κ1) is 16.2. The van der Waals surface area contributed by atoms with Crippen molar-refractivity contribution in [1.82, 2.24) is 0 Å². The van der Waals surface area contributed by atoms with Crippen molar-refractivity contribution < 1.29 is 23.1 Å². The second-order valence-electron chi connectivity index (χ2n) is 4.55. The smallest absolute Gasteiger partial charge is 0.321 e. The first-order chi connectivity index (χ1) is 9.19. The normalized spacial score (nSPS) is 12.9. The Morgan fingerprint density at radius 2 is 1.95 bits per heavy atom. The van der Waals surface area contributed by atoms with E-state index in [4.69, 9.17) is 10.8 Å². The monoisotopic (exact) mass is 299 g/mol. The van der Waals surface area contributed by atoms with Crippen molar-refractivity contribution in [1.29, 1.82) is 0 Å². The van der Waals surface area contributed by atoms with Gasteiger partial charge in [0, 0.05) is 5.56 Å². The fourth-order valence-electron chi connectivity index (χ4n) is 1.91. The van der Waals surface area contributed by atoms with E-state index in [1.807, 2.05) is 0 Å². The Kier molecular flexibility index (Phi) is 4.88. The van der Waals surface area contributed by atoms with Crippen molar-refractivity contribution in [3.63, 3.8) is 0 Å². The van der Waals surface area contributed by atoms with Crippen molar-refractivity contribution in [2.45, 2.75) is 31.3 Å². The van der Waals surface area contributed by atoms with E-state index in [-0.39, 0.29) is 17.7 Å². The van der Waals surface area contributed by atoms with E-state index in [0.717, 1.165) is 0 Å². The number of benzene rings is 1. The van der Waals surface area contributed by atoms with Crippen LogP contribution in [0, 0.1) is 6.92 Å². The number of primary amides is 1. The molecule has 7 heteroatoms. The molecule has 1 amide bonds. The molecule has 1 atom stereocenters. The van der Waals surface area contributed by atoms with Crippen LogP contribution in [0.1, 0.15) is 34.8 Å². The summed E-state index contributed by atoms with van der Waals surface area (Å²) < 4.78 is 24.1. The van der Waals surface area contributed by atoms with E-state index >= 15 is 0 Å². The van der Waals surface area contributed by atoms with Crippen molar-refractivity contribution in [2.24, 2.45) is 5.73 Å². The summed E-state index contributed by atoms with van der Waals surface area (Å²) in [5, 5.41) is 7.51. The highest BCUT2D eigenvalue weighted by molar-refractivity contribution is 7.92. The summed E-state index contributed by atoms with van der Waals surface area (Å²) in [6.07, 6.45) is 0.0100. The Balaban J connectivity index is 3.10. The topological polar surface area (TPSA) is 115 Å². The molecule has 0 aliphatic rings. The first-order valence-electron chi connectivity index (χ1n) is 6.02. The van der Waals surface area contributed by atoms with Crippen molar-refractivity contribution >= 4 is 21.7 Å². The fourth-order valence-corrected chi connectivity index (χ4v) is 3.68. The maximum Gasteiger partial charge on any atom is 0.321 e. The van der Waals surface area contributed by atoms with Crippen LogP contribution in [-0.2, 0) is 20.4 Å². The van der Waals surface area contributed by atoms with E-state index in [1.54, 1.807) is 6.92 Å². The summed E-state index contributed by atoms with van der Waals surface area (Å²) in [5.41, 5.74) is 6.48. The minimum absolute atomic E-state index is 0.0100. The second-order valence-corrected chi connectivity index (χ2v) is 6.73. The molecule has 1 aromatic carbocycles. The lowest BCUT2D eigenvalue weighted by Gasteiger charge is -2.13. The minimum atomic E-state index is -3.80. The van der Waals surface area contributed by atoms with Gasteiger partial charge in [0.25, 0.3) is 0 Å². The molecule has 20 heavy (non-hydrogen) atoms. The van der Waals surface area contributed by atoms with Crippen LogP contribution in [0.15, 0.2) is 18.2 Å². The van der Waals surface area contributed by atoms with Gasteiger partial charge in [-0.25, -0.2) is 8.42 Å². The molecule has 0 heterocycles. The largest absolute Gasteiger partial charge is 0.480 e. The summed E-state index contributed by atoms with van der Waals surface area (Å²) in [7, 11) is -3.80. The predicted molar refractivity (Wildman–Crippen MR) is 74.0 cm³/mol. The molecule has 3 N–H and O–H groups in total. The number of rotatable bonds is 6. The minimum Gasteiger partial charge on any atom is -0.480 e. The van der Waals surface area contributed by atoms with E-state index < -0.39 is 27.0 Å². The number of aryl methyl sites for hydroxylation is 1. The van der Waals surface area contributed by atoms with Crippen LogP contribution in [0.3, 0.4) is 0 Å². The van der Waals surface area contributed by atoms with Gasteiger partial charge in [-0.3, -0.25) is 9.59 Å². The zero-order valence-electron chi connectivity index (χ0n) is 11.3. The van der Waals surface area contributed by atoms with Crippen LogP contribution in [0.25, 0.3) is 0 Å². The molecular formula is C13H17NO5S. The summed E-state index contributed by atoms with van der Waals surface area (Å²) >= 11 is 0. The number of carboxylic acid groups (broad SMARTS) is 1. The first-order valence-corrected chi connectivity index (χ1v) is 7.74. The van der Waals surface area contributed by atoms with Gasteiger partial charge in [-0.1, -0.05) is 13.0 Å². The third-order valence-electron chi connectivity index (χ3n) is 3.06. The molecule has 0 fully saturated rings. The van der Waals surface area contributed by atoms with Crippen LogP contribution in [0.2, 0.25) is 0 Å². The molecule has 0 aliphatic carbocycles. The maximum absolute atomic E-state index is 12.1.